The molecule has 0 aliphatic carbocycles. The predicted molar refractivity (Wildman–Crippen MR) is 421 cm³/mol. The molecule has 7 aromatic carbocycles. The van der Waals surface area contributed by atoms with Crippen molar-refractivity contribution >= 4 is 0 Å². The lowest BCUT2D eigenvalue weighted by Gasteiger charge is -2.47. The molecule has 7 aromatic rings. The van der Waals surface area contributed by atoms with Gasteiger partial charge < -0.3 is 117 Å². The highest BCUT2D eigenvalue weighted by Gasteiger charge is 2.52. The lowest BCUT2D eigenvalue weighted by Crippen LogP contribution is -2.58. The Balaban J connectivity index is 0.000000303. The summed E-state index contributed by atoms with van der Waals surface area (Å²) in [5.74, 6) is 0. The monoisotopic (exact) mass is 1550 g/mol. The van der Waals surface area contributed by atoms with Crippen molar-refractivity contribution in [2.45, 2.75) is 239 Å². The van der Waals surface area contributed by atoms with Crippen molar-refractivity contribution in [1.82, 2.24) is 0 Å². The highest BCUT2D eigenvalue weighted by molar-refractivity contribution is 5.23. The Morgan fingerprint density at radius 2 is 0.532 bits per heavy atom. The van der Waals surface area contributed by atoms with Crippen LogP contribution in [0.15, 0.2) is 212 Å². The molecule has 7 aliphatic heterocycles. The molecular formula is C87H126O24. The molecule has 7 fully saturated rings. The van der Waals surface area contributed by atoms with Crippen LogP contribution in [0.3, 0.4) is 0 Å². The number of benzene rings is 7. The second-order valence-electron chi connectivity index (χ2n) is 23.8. The molecule has 0 bridgehead atoms. The quantitative estimate of drug-likeness (QED) is 0.0430. The van der Waals surface area contributed by atoms with Crippen molar-refractivity contribution in [2.24, 2.45) is 0 Å². The van der Waals surface area contributed by atoms with Gasteiger partial charge >= 0.3 is 0 Å². The molecule has 0 aromatic heterocycles. The van der Waals surface area contributed by atoms with E-state index in [1.807, 2.05) is 273 Å². The molecular weight excluding hydrogens is 1430 g/mol. The zero-order valence-corrected chi connectivity index (χ0v) is 66.8. The van der Waals surface area contributed by atoms with Gasteiger partial charge in [-0.1, -0.05) is 309 Å². The molecule has 0 saturated carbocycles. The van der Waals surface area contributed by atoms with Gasteiger partial charge in [0.1, 0.15) is 97.7 Å². The van der Waals surface area contributed by atoms with Crippen LogP contribution >= 0.6 is 0 Å². The van der Waals surface area contributed by atoms with E-state index in [2.05, 4.69) is 0 Å². The van der Waals surface area contributed by atoms with Crippen LogP contribution in [0.25, 0.3) is 0 Å². The van der Waals surface area contributed by atoms with Crippen LogP contribution in [0.1, 0.15) is 180 Å². The molecule has 0 radical (unpaired) electrons. The zero-order valence-electron chi connectivity index (χ0n) is 66.8. The summed E-state index contributed by atoms with van der Waals surface area (Å²) in [4.78, 5) is 0. The summed E-state index contributed by atoms with van der Waals surface area (Å²) in [6.45, 7) is 27.1. The Hall–Kier alpha value is -6.42. The smallest absolute Gasteiger partial charge is 0.184 e. The largest absolute Gasteiger partial charge is 0.394 e. The lowest BCUT2D eigenvalue weighted by atomic mass is 9.99. The number of aliphatic hydroxyl groups excluding tert-OH is 10. The molecule has 23 atom stereocenters. The van der Waals surface area contributed by atoms with Crippen molar-refractivity contribution < 1.29 is 117 Å². The first-order valence-electron chi connectivity index (χ1n) is 39.3. The summed E-state index contributed by atoms with van der Waals surface area (Å²) >= 11 is 0. The average molecular weight is 1560 g/mol. The van der Waals surface area contributed by atoms with E-state index in [1.54, 1.807) is 36.4 Å². The second-order valence-corrected chi connectivity index (χ2v) is 23.8. The Kier molecular flexibility index (Phi) is 48.2. The maximum Gasteiger partial charge on any atom is 0.184 e. The minimum atomic E-state index is -1.38. The Morgan fingerprint density at radius 3 is 0.874 bits per heavy atom. The van der Waals surface area contributed by atoms with Crippen LogP contribution in [-0.4, -0.2) is 202 Å². The summed E-state index contributed by atoms with van der Waals surface area (Å²) in [6.07, 6.45) is -17.4. The van der Waals surface area contributed by atoms with Gasteiger partial charge in [0, 0.05) is 38.9 Å². The van der Waals surface area contributed by atoms with Crippen LogP contribution in [0.4, 0.5) is 0 Å². The fourth-order valence-corrected chi connectivity index (χ4v) is 11.9. The summed E-state index contributed by atoms with van der Waals surface area (Å²) in [5, 5.41) is 95.3. The van der Waals surface area contributed by atoms with Crippen LogP contribution in [0.2, 0.25) is 0 Å². The summed E-state index contributed by atoms with van der Waals surface area (Å²) in [5.41, 5.74) is 6.08. The van der Waals surface area contributed by atoms with Gasteiger partial charge in [0.2, 0.25) is 0 Å². The van der Waals surface area contributed by atoms with Gasteiger partial charge in [-0.05, 0) is 0 Å². The van der Waals surface area contributed by atoms with E-state index in [9.17, 15) is 40.9 Å². The molecule has 7 aliphatic rings. The van der Waals surface area contributed by atoms with Crippen molar-refractivity contribution in [3.8, 4) is 0 Å². The Labute approximate surface area is 657 Å². The number of aliphatic hydroxyl groups is 10. The Bertz CT molecular complexity index is 3340. The SMILES string of the molecule is CC.CC.CC.CC.CC.CC.CC.OCC(O)C(O)C1OC(c2ccccc2)OCC1O.OCC(O)C1OC(c2ccccc2)OC(CO)C1O.OCC(O)C1OC(c2ccccc2)OC2COC(c3ccccc3)OC21.c1ccc(C2OCC(C3OC(c4ccccc4)OC4COC(c5ccccc5)OC43)O2)cc1. The van der Waals surface area contributed by atoms with Crippen molar-refractivity contribution in [3.63, 3.8) is 0 Å². The van der Waals surface area contributed by atoms with Gasteiger partial charge in [-0.15, -0.1) is 0 Å². The molecule has 24 nitrogen and oxygen atoms in total. The third-order valence-corrected chi connectivity index (χ3v) is 17.1. The van der Waals surface area contributed by atoms with Crippen LogP contribution < -0.4 is 0 Å². The first-order chi connectivity index (χ1) is 54.4. The molecule has 0 amide bonds. The number of fused-ring (bicyclic) bond motifs is 2. The summed E-state index contributed by atoms with van der Waals surface area (Å²) in [6, 6.07) is 66.9. The predicted octanol–water partition coefficient (Wildman–Crippen LogP) is 12.2. The fraction of sp³-hybridized carbons (Fsp3) is 0.517. The normalized spacial score (nSPS) is 29.1. The average Bonchev–Trinajstić information content (AvgIpc) is 1.75. The molecule has 14 rings (SSSR count). The van der Waals surface area contributed by atoms with E-state index in [0.29, 0.717) is 25.4 Å². The van der Waals surface area contributed by atoms with Crippen LogP contribution in [-0.2, 0) is 66.3 Å². The topological polar surface area (TPSA) is 332 Å². The minimum Gasteiger partial charge on any atom is -0.394 e. The number of hydrogen-bond donors (Lipinski definition) is 10. The zero-order chi connectivity index (χ0) is 81.6. The number of rotatable bonds is 16. The Morgan fingerprint density at radius 1 is 0.279 bits per heavy atom. The molecule has 23 unspecified atom stereocenters. The number of ether oxygens (including phenoxy) is 14. The number of hydrogen-bond acceptors (Lipinski definition) is 24. The van der Waals surface area contributed by atoms with Crippen molar-refractivity contribution in [2.75, 3.05) is 52.9 Å². The van der Waals surface area contributed by atoms with E-state index < -0.39 is 144 Å². The van der Waals surface area contributed by atoms with E-state index in [-0.39, 0.29) is 31.0 Å². The first-order valence-corrected chi connectivity index (χ1v) is 39.3. The molecule has 111 heavy (non-hydrogen) atoms. The summed E-state index contributed by atoms with van der Waals surface area (Å²) in [7, 11) is 0. The van der Waals surface area contributed by atoms with Crippen molar-refractivity contribution in [1.29, 1.82) is 0 Å². The third-order valence-electron chi connectivity index (χ3n) is 17.1. The third kappa shape index (κ3) is 28.5. The van der Waals surface area contributed by atoms with Crippen LogP contribution in [0, 0.1) is 0 Å². The maximum absolute atomic E-state index is 10.3. The van der Waals surface area contributed by atoms with Gasteiger partial charge in [0.05, 0.1) is 52.9 Å². The molecule has 7 heterocycles. The van der Waals surface area contributed by atoms with Crippen molar-refractivity contribution in [3.05, 3.63) is 251 Å². The van der Waals surface area contributed by atoms with Gasteiger partial charge in [0.25, 0.3) is 0 Å². The van der Waals surface area contributed by atoms with E-state index in [1.165, 1.54) is 0 Å². The van der Waals surface area contributed by atoms with Gasteiger partial charge in [-0.2, -0.15) is 0 Å². The highest BCUT2D eigenvalue weighted by Crippen LogP contribution is 2.43. The van der Waals surface area contributed by atoms with E-state index >= 15 is 0 Å². The van der Waals surface area contributed by atoms with E-state index in [4.69, 9.17) is 76.5 Å². The second kappa shape index (κ2) is 55.2. The first kappa shape index (κ1) is 96.9. The van der Waals surface area contributed by atoms with Gasteiger partial charge in [-0.25, -0.2) is 0 Å². The molecule has 618 valence electrons. The lowest BCUT2D eigenvalue weighted by molar-refractivity contribution is -0.373. The van der Waals surface area contributed by atoms with E-state index in [0.717, 1.165) is 33.4 Å². The molecule has 10 N–H and O–H groups in total. The summed E-state index contributed by atoms with van der Waals surface area (Å²) < 4.78 is 83.2. The molecule has 0 spiro atoms. The molecule has 24 heteroatoms. The maximum atomic E-state index is 10.3. The standard InChI is InChI=1S/C27H26O6.C20H22O6.2C13H18O6.7C2H6/c1-4-10-18(11-5-1)25-28-16-21(30-25)24-23-22(31-27(33-24)20-14-8-3-9-15-20)17-29-26(32-23)19-12-6-2-7-13-19;21-11-15(22)17-18-16(24-20(25-17)14-9-5-2-6-10-14)12-23-19(26-18)13-7-3-1-4-8-13;14-6-9(16)12-11(17)10(7-15)18-13(19-12)8-4-2-1-3-5-8;14-6-9(15)11(17)12-10(16)7-18-13(19-12)8-4-2-1-3-5-8;7*1-2/h1-15,21-27H,16-17H2;1-10,15-22H,11-12H2;2*1-5,9-17H,6-7H2;7*1-2H3. The fourth-order valence-electron chi connectivity index (χ4n) is 11.9. The highest BCUT2D eigenvalue weighted by atomic mass is 16.8. The minimum absolute atomic E-state index is 0.0144. The van der Waals surface area contributed by atoms with Gasteiger partial charge in [-0.3, -0.25) is 0 Å². The molecule has 7 saturated heterocycles. The van der Waals surface area contributed by atoms with Gasteiger partial charge in [0.15, 0.2) is 44.0 Å². The van der Waals surface area contributed by atoms with Crippen LogP contribution in [0.5, 0.6) is 0 Å².